The summed E-state index contributed by atoms with van der Waals surface area (Å²) in [6.07, 6.45) is 1.16. The molecule has 5 nitrogen and oxygen atoms in total. The summed E-state index contributed by atoms with van der Waals surface area (Å²) >= 11 is 0. The number of benzene rings is 1. The first-order valence-corrected chi connectivity index (χ1v) is 7.62. The van der Waals surface area contributed by atoms with E-state index in [0.29, 0.717) is 26.0 Å². The number of methoxy groups -OCH3 is 1. The molecular weight excluding hydrogens is 308 g/mol. The number of ether oxygens (including phenoxy) is 2. The van der Waals surface area contributed by atoms with Crippen LogP contribution in [0, 0.1) is 17.6 Å². The Kier molecular flexibility index (Phi) is 4.50. The number of fused-ring (bicyclic) bond motifs is 1. The van der Waals surface area contributed by atoms with Gasteiger partial charge in [-0.1, -0.05) is 0 Å². The number of amides is 1. The van der Waals surface area contributed by atoms with Crippen LogP contribution in [0.4, 0.5) is 8.78 Å². The SMILES string of the molecule is COc1c(F)ccc(C(=O)N2CCOC3C[C@H](CO)C[C@@H]32)c1F. The van der Waals surface area contributed by atoms with Crippen molar-refractivity contribution in [3.63, 3.8) is 0 Å². The number of rotatable bonds is 3. The molecule has 1 aromatic carbocycles. The highest BCUT2D eigenvalue weighted by Gasteiger charge is 2.43. The Balaban J connectivity index is 1.88. The van der Waals surface area contributed by atoms with E-state index in [2.05, 4.69) is 0 Å². The lowest BCUT2D eigenvalue weighted by molar-refractivity contribution is -0.0450. The molecule has 1 heterocycles. The van der Waals surface area contributed by atoms with Gasteiger partial charge in [-0.15, -0.1) is 0 Å². The van der Waals surface area contributed by atoms with Gasteiger partial charge in [0.25, 0.3) is 5.91 Å². The largest absolute Gasteiger partial charge is 0.491 e. The molecular formula is C16H19F2NO4. The van der Waals surface area contributed by atoms with Gasteiger partial charge in [0.05, 0.1) is 31.4 Å². The summed E-state index contributed by atoms with van der Waals surface area (Å²) in [5.74, 6) is -2.82. The fourth-order valence-electron chi connectivity index (χ4n) is 3.49. The third-order valence-corrected chi connectivity index (χ3v) is 4.64. The van der Waals surface area contributed by atoms with E-state index in [-0.39, 0.29) is 30.2 Å². The summed E-state index contributed by atoms with van der Waals surface area (Å²) in [5.41, 5.74) is -0.212. The standard InChI is InChI=1S/C16H19F2NO4/c1-22-15-11(17)3-2-10(14(15)18)16(21)19-4-5-23-13-7-9(8-20)6-12(13)19/h2-3,9,12-13,20H,4-8H2,1H3/t9-,12+,13?/m1/s1. The molecule has 0 bridgehead atoms. The van der Waals surface area contributed by atoms with E-state index in [1.165, 1.54) is 0 Å². The summed E-state index contributed by atoms with van der Waals surface area (Å²) in [6, 6.07) is 1.97. The molecule has 1 saturated heterocycles. The molecule has 1 aliphatic carbocycles. The van der Waals surface area contributed by atoms with E-state index in [9.17, 15) is 18.7 Å². The summed E-state index contributed by atoms with van der Waals surface area (Å²) in [4.78, 5) is 14.3. The molecule has 2 aliphatic rings. The zero-order valence-corrected chi connectivity index (χ0v) is 12.8. The number of carbonyl (C=O) groups is 1. The van der Waals surface area contributed by atoms with Crippen LogP contribution in [-0.4, -0.2) is 54.9 Å². The normalized spacial score (nSPS) is 27.0. The van der Waals surface area contributed by atoms with E-state index in [1.54, 1.807) is 4.90 Å². The van der Waals surface area contributed by atoms with E-state index >= 15 is 0 Å². The molecule has 1 saturated carbocycles. The maximum Gasteiger partial charge on any atom is 0.257 e. The van der Waals surface area contributed by atoms with Crippen molar-refractivity contribution in [2.75, 3.05) is 26.9 Å². The zero-order chi connectivity index (χ0) is 16.6. The molecule has 126 valence electrons. The maximum atomic E-state index is 14.3. The van der Waals surface area contributed by atoms with Crippen LogP contribution in [0.25, 0.3) is 0 Å². The van der Waals surface area contributed by atoms with E-state index in [1.807, 2.05) is 0 Å². The first kappa shape index (κ1) is 16.1. The minimum Gasteiger partial charge on any atom is -0.491 e. The monoisotopic (exact) mass is 327 g/mol. The number of nitrogens with zero attached hydrogens (tertiary/aromatic N) is 1. The van der Waals surface area contributed by atoms with E-state index in [0.717, 1.165) is 19.2 Å². The Morgan fingerprint density at radius 3 is 2.91 bits per heavy atom. The first-order chi connectivity index (χ1) is 11.1. The summed E-state index contributed by atoms with van der Waals surface area (Å²) in [5, 5.41) is 9.32. The Morgan fingerprint density at radius 1 is 1.43 bits per heavy atom. The van der Waals surface area contributed by atoms with E-state index < -0.39 is 23.3 Å². The number of aliphatic hydroxyl groups is 1. The highest BCUT2D eigenvalue weighted by atomic mass is 19.1. The zero-order valence-electron chi connectivity index (χ0n) is 12.8. The molecule has 1 aliphatic heterocycles. The lowest BCUT2D eigenvalue weighted by atomic mass is 10.1. The number of hydrogen-bond donors (Lipinski definition) is 1. The van der Waals surface area contributed by atoms with Crippen LogP contribution < -0.4 is 4.74 Å². The number of halogens is 2. The van der Waals surface area contributed by atoms with Crippen molar-refractivity contribution in [1.82, 2.24) is 4.90 Å². The van der Waals surface area contributed by atoms with Gasteiger partial charge in [0, 0.05) is 13.2 Å². The van der Waals surface area contributed by atoms with Gasteiger partial charge in [-0.3, -0.25) is 4.79 Å². The molecule has 3 rings (SSSR count). The van der Waals surface area contributed by atoms with Gasteiger partial charge >= 0.3 is 0 Å². The molecule has 0 spiro atoms. The van der Waals surface area contributed by atoms with Gasteiger partial charge in [0.2, 0.25) is 0 Å². The van der Waals surface area contributed by atoms with Crippen molar-refractivity contribution >= 4 is 5.91 Å². The average molecular weight is 327 g/mol. The van der Waals surface area contributed by atoms with Crippen LogP contribution in [0.1, 0.15) is 23.2 Å². The minimum atomic E-state index is -0.989. The highest BCUT2D eigenvalue weighted by Crippen LogP contribution is 2.35. The average Bonchev–Trinajstić information content (AvgIpc) is 2.98. The van der Waals surface area contributed by atoms with Gasteiger partial charge in [0.1, 0.15) is 0 Å². The van der Waals surface area contributed by atoms with Crippen LogP contribution >= 0.6 is 0 Å². The topological polar surface area (TPSA) is 59.0 Å². The number of aliphatic hydroxyl groups excluding tert-OH is 1. The molecule has 1 amide bonds. The second-order valence-electron chi connectivity index (χ2n) is 5.94. The van der Waals surface area contributed by atoms with E-state index in [4.69, 9.17) is 9.47 Å². The van der Waals surface area contributed by atoms with Gasteiger partial charge in [-0.25, -0.2) is 8.78 Å². The molecule has 1 unspecified atom stereocenters. The quantitative estimate of drug-likeness (QED) is 0.916. The van der Waals surface area contributed by atoms with Crippen LogP contribution in [0.2, 0.25) is 0 Å². The van der Waals surface area contributed by atoms with Gasteiger partial charge in [0.15, 0.2) is 17.4 Å². The molecule has 7 heteroatoms. The number of carbonyl (C=O) groups excluding carboxylic acids is 1. The minimum absolute atomic E-state index is 0.0388. The van der Waals surface area contributed by atoms with Gasteiger partial charge < -0.3 is 19.5 Å². The molecule has 3 atom stereocenters. The Bertz CT molecular complexity index is 610. The Labute approximate surface area is 132 Å². The van der Waals surface area contributed by atoms with Crippen molar-refractivity contribution < 1.29 is 28.2 Å². The summed E-state index contributed by atoms with van der Waals surface area (Å²) in [7, 11) is 1.16. The Morgan fingerprint density at radius 2 is 2.22 bits per heavy atom. The van der Waals surface area contributed by atoms with Crippen LogP contribution in [-0.2, 0) is 4.74 Å². The first-order valence-electron chi connectivity index (χ1n) is 7.62. The fourth-order valence-corrected chi connectivity index (χ4v) is 3.49. The smallest absolute Gasteiger partial charge is 0.257 e. The third-order valence-electron chi connectivity index (χ3n) is 4.64. The second-order valence-corrected chi connectivity index (χ2v) is 5.94. The fraction of sp³-hybridized carbons (Fsp3) is 0.562. The third kappa shape index (κ3) is 2.79. The second kappa shape index (κ2) is 6.41. The van der Waals surface area contributed by atoms with Gasteiger partial charge in [-0.2, -0.15) is 0 Å². The lowest BCUT2D eigenvalue weighted by Gasteiger charge is -2.37. The maximum absolute atomic E-state index is 14.3. The highest BCUT2D eigenvalue weighted by molar-refractivity contribution is 5.95. The predicted molar refractivity (Wildman–Crippen MR) is 77.3 cm³/mol. The van der Waals surface area contributed by atoms with Gasteiger partial charge in [-0.05, 0) is 30.9 Å². The van der Waals surface area contributed by atoms with Crippen molar-refractivity contribution in [1.29, 1.82) is 0 Å². The predicted octanol–water partition coefficient (Wildman–Crippen LogP) is 1.59. The molecule has 1 N–H and O–H groups in total. The van der Waals surface area contributed by atoms with Crippen molar-refractivity contribution in [2.45, 2.75) is 25.0 Å². The van der Waals surface area contributed by atoms with Crippen LogP contribution in [0.5, 0.6) is 5.75 Å². The molecule has 1 aromatic rings. The van der Waals surface area contributed by atoms with Crippen molar-refractivity contribution in [3.8, 4) is 5.75 Å². The van der Waals surface area contributed by atoms with Crippen molar-refractivity contribution in [3.05, 3.63) is 29.3 Å². The number of hydrogen-bond acceptors (Lipinski definition) is 4. The molecule has 0 radical (unpaired) electrons. The van der Waals surface area contributed by atoms with Crippen LogP contribution in [0.3, 0.4) is 0 Å². The Hall–Kier alpha value is -1.73. The molecule has 2 fully saturated rings. The molecule has 0 aromatic heterocycles. The van der Waals surface area contributed by atoms with Crippen LogP contribution in [0.15, 0.2) is 12.1 Å². The number of morpholine rings is 1. The summed E-state index contributed by atoms with van der Waals surface area (Å²) in [6.45, 7) is 0.749. The summed E-state index contributed by atoms with van der Waals surface area (Å²) < 4.78 is 38.2. The molecule has 23 heavy (non-hydrogen) atoms. The lowest BCUT2D eigenvalue weighted by Crippen LogP contribution is -2.51. The van der Waals surface area contributed by atoms with Crippen molar-refractivity contribution in [2.24, 2.45) is 5.92 Å².